The molecule has 1 spiro atoms. The van der Waals surface area contributed by atoms with Gasteiger partial charge in [0.1, 0.15) is 11.4 Å². The number of rotatable bonds is 3. The highest BCUT2D eigenvalue weighted by molar-refractivity contribution is 6.25. The van der Waals surface area contributed by atoms with Crippen molar-refractivity contribution in [3.8, 4) is 0 Å². The van der Waals surface area contributed by atoms with Crippen molar-refractivity contribution in [1.82, 2.24) is 5.32 Å². The largest absolute Gasteiger partial charge is 0.451 e. The van der Waals surface area contributed by atoms with Crippen molar-refractivity contribution < 1.29 is 14.3 Å². The van der Waals surface area contributed by atoms with Gasteiger partial charge in [0.05, 0.1) is 11.5 Å². The van der Waals surface area contributed by atoms with Crippen LogP contribution in [0.5, 0.6) is 0 Å². The minimum Gasteiger partial charge on any atom is -0.451 e. The molecule has 1 aromatic carbocycles. The van der Waals surface area contributed by atoms with E-state index in [0.29, 0.717) is 5.57 Å². The van der Waals surface area contributed by atoms with Gasteiger partial charge in [0.2, 0.25) is 0 Å². The van der Waals surface area contributed by atoms with Crippen LogP contribution in [0.2, 0.25) is 0 Å². The molecule has 3 aliphatic rings. The number of esters is 1. The van der Waals surface area contributed by atoms with Gasteiger partial charge < -0.3 is 10.1 Å². The molecule has 1 atom stereocenters. The summed E-state index contributed by atoms with van der Waals surface area (Å²) in [4.78, 5) is 26.2. The van der Waals surface area contributed by atoms with Crippen LogP contribution in [0.25, 0.3) is 5.57 Å². The Labute approximate surface area is 155 Å². The molecule has 1 aromatic rings. The van der Waals surface area contributed by atoms with E-state index in [1.165, 1.54) is 0 Å². The maximum atomic E-state index is 13.3. The second-order valence-electron chi connectivity index (χ2n) is 8.15. The van der Waals surface area contributed by atoms with Gasteiger partial charge in [0.15, 0.2) is 0 Å². The Morgan fingerprint density at radius 2 is 2.00 bits per heavy atom. The Bertz CT molecular complexity index is 828. The van der Waals surface area contributed by atoms with E-state index in [4.69, 9.17) is 4.74 Å². The van der Waals surface area contributed by atoms with E-state index in [0.717, 1.165) is 60.2 Å². The van der Waals surface area contributed by atoms with Gasteiger partial charge in [-0.1, -0.05) is 38.5 Å². The lowest BCUT2D eigenvalue weighted by atomic mass is 9.75. The Hall–Kier alpha value is -1.94. The lowest BCUT2D eigenvalue weighted by Crippen LogP contribution is -2.45. The van der Waals surface area contributed by atoms with Crippen LogP contribution in [0.3, 0.4) is 0 Å². The number of fused-ring (bicyclic) bond motifs is 3. The lowest BCUT2D eigenvalue weighted by molar-refractivity contribution is -0.148. The fourth-order valence-corrected chi connectivity index (χ4v) is 4.95. The van der Waals surface area contributed by atoms with E-state index < -0.39 is 5.60 Å². The minimum absolute atomic E-state index is 0.0836. The summed E-state index contributed by atoms with van der Waals surface area (Å²) < 4.78 is 6.00. The Kier molecular flexibility index (Phi) is 4.07. The third-order valence-electron chi connectivity index (χ3n) is 6.14. The van der Waals surface area contributed by atoms with E-state index in [-0.39, 0.29) is 23.6 Å². The molecule has 1 saturated heterocycles. The van der Waals surface area contributed by atoms with Gasteiger partial charge in [-0.15, -0.1) is 0 Å². The van der Waals surface area contributed by atoms with Crippen molar-refractivity contribution in [2.45, 2.75) is 58.5 Å². The summed E-state index contributed by atoms with van der Waals surface area (Å²) >= 11 is 0. The highest BCUT2D eigenvalue weighted by atomic mass is 16.6. The first kappa shape index (κ1) is 17.5. The maximum Gasteiger partial charge on any atom is 0.339 e. The minimum atomic E-state index is -0.606. The molecule has 0 aromatic heterocycles. The Morgan fingerprint density at radius 1 is 1.31 bits per heavy atom. The number of ketones is 1. The molecular weight excluding hydrogens is 326 g/mol. The molecule has 4 nitrogen and oxygen atoms in total. The quantitative estimate of drug-likeness (QED) is 0.847. The average Bonchev–Trinajstić information content (AvgIpc) is 3.08. The summed E-state index contributed by atoms with van der Waals surface area (Å²) in [6, 6.07) is 4.26. The lowest BCUT2D eigenvalue weighted by Gasteiger charge is -2.37. The molecular formula is C22H27NO3. The average molecular weight is 353 g/mol. The van der Waals surface area contributed by atoms with E-state index in [1.807, 2.05) is 13.8 Å². The number of benzene rings is 1. The van der Waals surface area contributed by atoms with Gasteiger partial charge in [-0.05, 0) is 43.1 Å². The van der Waals surface area contributed by atoms with Crippen molar-refractivity contribution in [2.24, 2.45) is 5.92 Å². The number of carbonyl (C=O) groups is 2. The molecule has 2 aliphatic heterocycles. The number of hydrogen-bond acceptors (Lipinski definition) is 4. The smallest absolute Gasteiger partial charge is 0.339 e. The van der Waals surface area contributed by atoms with Gasteiger partial charge in [0.25, 0.3) is 0 Å². The Morgan fingerprint density at radius 3 is 2.62 bits per heavy atom. The molecule has 0 amide bonds. The van der Waals surface area contributed by atoms with Crippen LogP contribution in [0.15, 0.2) is 17.7 Å². The standard InChI is InChI=1S/C22H27NO3/c1-5-14-10-13(4)11-15-16(14)18-19(17(15)20(24)12(2)3)22(26-21(18)25)6-8-23-9-7-22/h10-12,17,23H,5-9H2,1-4H3. The second-order valence-corrected chi connectivity index (χ2v) is 8.15. The predicted molar refractivity (Wildman–Crippen MR) is 101 cm³/mol. The van der Waals surface area contributed by atoms with Crippen LogP contribution in [0, 0.1) is 12.8 Å². The van der Waals surface area contributed by atoms with Gasteiger partial charge in [-0.2, -0.15) is 0 Å². The molecule has 0 bridgehead atoms. The molecule has 1 aliphatic carbocycles. The highest BCUT2D eigenvalue weighted by Crippen LogP contribution is 2.56. The van der Waals surface area contributed by atoms with Crippen LogP contribution in [0.1, 0.15) is 61.8 Å². The molecule has 2 heterocycles. The van der Waals surface area contributed by atoms with Crippen molar-refractivity contribution in [1.29, 1.82) is 0 Å². The summed E-state index contributed by atoms with van der Waals surface area (Å²) in [5, 5.41) is 3.35. The van der Waals surface area contributed by atoms with Gasteiger partial charge in [0, 0.05) is 24.3 Å². The molecule has 26 heavy (non-hydrogen) atoms. The summed E-state index contributed by atoms with van der Waals surface area (Å²) in [6.07, 6.45) is 2.33. The third kappa shape index (κ3) is 2.31. The number of aryl methyl sites for hydroxylation is 2. The molecule has 4 rings (SSSR count). The zero-order valence-corrected chi connectivity index (χ0v) is 16.1. The van der Waals surface area contributed by atoms with Crippen LogP contribution in [0.4, 0.5) is 0 Å². The molecule has 138 valence electrons. The number of Topliss-reactive ketones (excluding diaryl/α,β-unsaturated/α-hetero) is 1. The van der Waals surface area contributed by atoms with Crippen molar-refractivity contribution in [3.05, 3.63) is 40.0 Å². The number of carbonyl (C=O) groups excluding carboxylic acids is 2. The van der Waals surface area contributed by atoms with Crippen molar-refractivity contribution in [2.75, 3.05) is 13.1 Å². The maximum absolute atomic E-state index is 13.3. The van der Waals surface area contributed by atoms with Crippen LogP contribution in [-0.4, -0.2) is 30.4 Å². The molecule has 0 radical (unpaired) electrons. The summed E-state index contributed by atoms with van der Waals surface area (Å²) in [7, 11) is 0. The van der Waals surface area contributed by atoms with E-state index in [1.54, 1.807) is 0 Å². The zero-order valence-electron chi connectivity index (χ0n) is 16.1. The number of piperidine rings is 1. The van der Waals surface area contributed by atoms with Crippen LogP contribution < -0.4 is 5.32 Å². The molecule has 1 fully saturated rings. The number of hydrogen-bond donors (Lipinski definition) is 1. The van der Waals surface area contributed by atoms with Gasteiger partial charge >= 0.3 is 5.97 Å². The summed E-state index contributed by atoms with van der Waals surface area (Å²) in [5.41, 5.74) is 5.35. The van der Waals surface area contributed by atoms with Gasteiger partial charge in [-0.3, -0.25) is 4.79 Å². The fourth-order valence-electron chi connectivity index (χ4n) is 4.95. The first-order valence-electron chi connectivity index (χ1n) is 9.76. The van der Waals surface area contributed by atoms with E-state index in [2.05, 4.69) is 31.3 Å². The molecule has 1 unspecified atom stereocenters. The first-order valence-corrected chi connectivity index (χ1v) is 9.76. The van der Waals surface area contributed by atoms with Crippen molar-refractivity contribution in [3.63, 3.8) is 0 Å². The molecule has 4 heteroatoms. The first-order chi connectivity index (χ1) is 12.4. The van der Waals surface area contributed by atoms with Crippen LogP contribution in [-0.2, 0) is 20.7 Å². The van der Waals surface area contributed by atoms with Crippen LogP contribution >= 0.6 is 0 Å². The predicted octanol–water partition coefficient (Wildman–Crippen LogP) is 3.31. The summed E-state index contributed by atoms with van der Waals surface area (Å²) in [6.45, 7) is 9.69. The third-order valence-corrected chi connectivity index (χ3v) is 6.14. The normalized spacial score (nSPS) is 23.4. The Balaban J connectivity index is 1.99. The summed E-state index contributed by atoms with van der Waals surface area (Å²) in [5.74, 6) is -0.463. The molecule has 0 saturated carbocycles. The monoisotopic (exact) mass is 353 g/mol. The number of nitrogens with one attached hydrogen (secondary N) is 1. The zero-order chi connectivity index (χ0) is 18.6. The SMILES string of the molecule is CCc1cc(C)cc2c1C1=C(C2C(=O)C(C)C)C2(CCNCC2)OC1=O. The topological polar surface area (TPSA) is 55.4 Å². The van der Waals surface area contributed by atoms with Crippen molar-refractivity contribution >= 4 is 17.3 Å². The molecule has 1 N–H and O–H groups in total. The van der Waals surface area contributed by atoms with Gasteiger partial charge in [-0.25, -0.2) is 4.79 Å². The highest BCUT2D eigenvalue weighted by Gasteiger charge is 2.56. The second kappa shape index (κ2) is 6.05. The van der Waals surface area contributed by atoms with E-state index >= 15 is 0 Å². The number of ether oxygens (including phenoxy) is 1. The fraction of sp³-hybridized carbons (Fsp3) is 0.545. The van der Waals surface area contributed by atoms with E-state index in [9.17, 15) is 9.59 Å².